The predicted molar refractivity (Wildman–Crippen MR) is 123 cm³/mol. The van der Waals surface area contributed by atoms with Crippen molar-refractivity contribution in [3.8, 4) is 5.75 Å². The number of esters is 1. The van der Waals surface area contributed by atoms with Crippen LogP contribution in [0.5, 0.6) is 5.75 Å². The Labute approximate surface area is 185 Å². The number of amides is 1. The van der Waals surface area contributed by atoms with Crippen LogP contribution in [0.15, 0.2) is 35.4 Å². The second-order valence-electron chi connectivity index (χ2n) is 8.54. The van der Waals surface area contributed by atoms with Crippen LogP contribution in [0.4, 0.5) is 5.69 Å². The van der Waals surface area contributed by atoms with Crippen LogP contribution in [0.1, 0.15) is 37.6 Å². The molecule has 2 heterocycles. The van der Waals surface area contributed by atoms with Gasteiger partial charge in [0.25, 0.3) is 5.56 Å². The van der Waals surface area contributed by atoms with E-state index in [0.29, 0.717) is 21.7 Å². The lowest BCUT2D eigenvalue weighted by Gasteiger charge is -2.26. The summed E-state index contributed by atoms with van der Waals surface area (Å²) in [6, 6.07) is 6.76. The molecule has 1 amide bonds. The lowest BCUT2D eigenvalue weighted by molar-refractivity contribution is -0.134. The molecule has 164 valence electrons. The van der Waals surface area contributed by atoms with Crippen LogP contribution >= 0.6 is 11.3 Å². The van der Waals surface area contributed by atoms with Gasteiger partial charge >= 0.3 is 5.97 Å². The molecule has 3 rings (SSSR count). The largest absolute Gasteiger partial charge is 0.426 e. The number of rotatable bonds is 5. The first-order chi connectivity index (χ1) is 14.5. The van der Waals surface area contributed by atoms with Crippen LogP contribution in [0, 0.1) is 19.3 Å². The van der Waals surface area contributed by atoms with E-state index in [1.807, 2.05) is 34.6 Å². The Kier molecular flexibility index (Phi) is 6.31. The summed E-state index contributed by atoms with van der Waals surface area (Å²) in [7, 11) is 1.72. The third-order valence-corrected chi connectivity index (χ3v) is 6.23. The fourth-order valence-electron chi connectivity index (χ4n) is 3.18. The fourth-order valence-corrected chi connectivity index (χ4v) is 4.17. The molecule has 3 aromatic rings. The molecule has 0 aliphatic rings. The molecule has 31 heavy (non-hydrogen) atoms. The molecule has 0 fully saturated rings. The van der Waals surface area contributed by atoms with Crippen molar-refractivity contribution in [1.82, 2.24) is 9.55 Å². The number of thiophene rings is 1. The van der Waals surface area contributed by atoms with Gasteiger partial charge in [-0.25, -0.2) is 4.98 Å². The summed E-state index contributed by atoms with van der Waals surface area (Å²) in [5, 5.41) is 0.614. The third kappa shape index (κ3) is 4.85. The Balaban J connectivity index is 1.63. The first-order valence-electron chi connectivity index (χ1n) is 10.0. The average molecular weight is 442 g/mol. The molecule has 1 aromatic carbocycles. The molecule has 0 bridgehead atoms. The summed E-state index contributed by atoms with van der Waals surface area (Å²) >= 11 is 1.49. The number of aryl methyl sites for hydroxylation is 3. The minimum Gasteiger partial charge on any atom is -0.426 e. The molecule has 0 unspecified atom stereocenters. The molecular weight excluding hydrogens is 414 g/mol. The highest BCUT2D eigenvalue weighted by molar-refractivity contribution is 7.18. The maximum atomic E-state index is 12.7. The molecule has 0 atom stereocenters. The summed E-state index contributed by atoms with van der Waals surface area (Å²) in [5.74, 6) is -0.0722. The van der Waals surface area contributed by atoms with Crippen molar-refractivity contribution in [2.45, 2.75) is 47.6 Å². The highest BCUT2D eigenvalue weighted by Gasteiger charge is 2.25. The molecule has 2 aromatic heterocycles. The van der Waals surface area contributed by atoms with Gasteiger partial charge in [0, 0.05) is 29.6 Å². The second-order valence-corrected chi connectivity index (χ2v) is 9.74. The van der Waals surface area contributed by atoms with E-state index in [4.69, 9.17) is 4.74 Å². The van der Waals surface area contributed by atoms with Crippen LogP contribution in [0.3, 0.4) is 0 Å². The Bertz CT molecular complexity index is 1190. The Hall–Kier alpha value is -3.00. The van der Waals surface area contributed by atoms with Crippen LogP contribution in [-0.2, 0) is 16.1 Å². The van der Waals surface area contributed by atoms with Crippen LogP contribution in [-0.4, -0.2) is 28.5 Å². The van der Waals surface area contributed by atoms with Gasteiger partial charge in [-0.1, -0.05) is 20.8 Å². The van der Waals surface area contributed by atoms with Crippen molar-refractivity contribution in [3.05, 3.63) is 51.4 Å². The molecule has 0 aliphatic carbocycles. The zero-order valence-electron chi connectivity index (χ0n) is 18.7. The lowest BCUT2D eigenvalue weighted by atomic mass is 9.95. The van der Waals surface area contributed by atoms with Gasteiger partial charge < -0.3 is 9.64 Å². The number of hydrogen-bond acceptors (Lipinski definition) is 6. The summed E-state index contributed by atoms with van der Waals surface area (Å²) in [5.41, 5.74) is 1.02. The first-order valence-corrected chi connectivity index (χ1v) is 10.8. The van der Waals surface area contributed by atoms with Crippen molar-refractivity contribution in [2.75, 3.05) is 11.9 Å². The third-order valence-electron chi connectivity index (χ3n) is 5.11. The molecule has 0 radical (unpaired) electrons. The van der Waals surface area contributed by atoms with Gasteiger partial charge in [0.15, 0.2) is 0 Å². The van der Waals surface area contributed by atoms with E-state index in [2.05, 4.69) is 4.98 Å². The topological polar surface area (TPSA) is 81.5 Å². The number of aromatic nitrogens is 2. The monoisotopic (exact) mass is 441 g/mol. The van der Waals surface area contributed by atoms with Gasteiger partial charge in [0.1, 0.15) is 10.6 Å². The second kappa shape index (κ2) is 8.63. The number of carbonyl (C=O) groups is 2. The van der Waals surface area contributed by atoms with E-state index in [1.54, 1.807) is 36.2 Å². The lowest BCUT2D eigenvalue weighted by Crippen LogP contribution is -2.36. The quantitative estimate of drug-likeness (QED) is 0.440. The number of fused-ring (bicyclic) bond motifs is 1. The van der Waals surface area contributed by atoms with Crippen LogP contribution in [0.2, 0.25) is 0 Å². The summed E-state index contributed by atoms with van der Waals surface area (Å²) < 4.78 is 6.82. The SMILES string of the molecule is Cc1sc2ncn(CCC(=O)Oc3ccc(N(C)C(=O)C(C)(C)C)cc3)c(=O)c2c1C. The Morgan fingerprint density at radius 2 is 1.81 bits per heavy atom. The van der Waals surface area contributed by atoms with Gasteiger partial charge in [-0.2, -0.15) is 0 Å². The van der Waals surface area contributed by atoms with Crippen LogP contribution in [0.25, 0.3) is 10.2 Å². The van der Waals surface area contributed by atoms with Gasteiger partial charge in [-0.05, 0) is 43.7 Å². The number of anilines is 1. The molecule has 0 aliphatic heterocycles. The van der Waals surface area contributed by atoms with Crippen molar-refractivity contribution < 1.29 is 14.3 Å². The molecule has 0 saturated heterocycles. The highest BCUT2D eigenvalue weighted by atomic mass is 32.1. The number of ether oxygens (including phenoxy) is 1. The molecule has 0 saturated carbocycles. The first kappa shape index (κ1) is 22.7. The number of nitrogens with zero attached hydrogens (tertiary/aromatic N) is 3. The van der Waals surface area contributed by atoms with Crippen molar-refractivity contribution in [3.63, 3.8) is 0 Å². The van der Waals surface area contributed by atoms with Gasteiger partial charge in [-0.3, -0.25) is 19.0 Å². The van der Waals surface area contributed by atoms with Crippen molar-refractivity contribution >= 4 is 39.1 Å². The smallest absolute Gasteiger partial charge is 0.312 e. The van der Waals surface area contributed by atoms with E-state index in [9.17, 15) is 14.4 Å². The van der Waals surface area contributed by atoms with E-state index in [0.717, 1.165) is 10.4 Å². The zero-order valence-corrected chi connectivity index (χ0v) is 19.5. The maximum absolute atomic E-state index is 12.7. The standard InChI is InChI=1S/C23H27N3O4S/c1-14-15(2)31-20-19(14)21(28)26(13-24-20)12-11-18(27)30-17-9-7-16(8-10-17)25(6)22(29)23(3,4)5/h7-10,13H,11-12H2,1-6H3. The van der Waals surface area contributed by atoms with Gasteiger partial charge in [-0.15, -0.1) is 11.3 Å². The molecular formula is C23H27N3O4S. The van der Waals surface area contributed by atoms with Crippen molar-refractivity contribution in [2.24, 2.45) is 5.41 Å². The van der Waals surface area contributed by atoms with E-state index in [-0.39, 0.29) is 24.4 Å². The van der Waals surface area contributed by atoms with Gasteiger partial charge in [0.05, 0.1) is 18.1 Å². The maximum Gasteiger partial charge on any atom is 0.312 e. The van der Waals surface area contributed by atoms with Crippen LogP contribution < -0.4 is 15.2 Å². The van der Waals surface area contributed by atoms with E-state index >= 15 is 0 Å². The number of carbonyl (C=O) groups excluding carboxylic acids is 2. The molecule has 7 nitrogen and oxygen atoms in total. The molecule has 0 spiro atoms. The fraction of sp³-hybridized carbons (Fsp3) is 0.391. The highest BCUT2D eigenvalue weighted by Crippen LogP contribution is 2.26. The predicted octanol–water partition coefficient (Wildman–Crippen LogP) is 4.08. The molecule has 0 N–H and O–H groups in total. The summed E-state index contributed by atoms with van der Waals surface area (Å²) in [6.45, 7) is 9.65. The van der Waals surface area contributed by atoms with Gasteiger partial charge in [0.2, 0.25) is 5.91 Å². The van der Waals surface area contributed by atoms with Crippen molar-refractivity contribution in [1.29, 1.82) is 0 Å². The number of hydrogen-bond donors (Lipinski definition) is 0. The average Bonchev–Trinajstić information content (AvgIpc) is 3.00. The summed E-state index contributed by atoms with van der Waals surface area (Å²) in [6.07, 6.45) is 1.52. The Morgan fingerprint density at radius 3 is 2.42 bits per heavy atom. The minimum atomic E-state index is -0.490. The normalized spacial score (nSPS) is 11.5. The minimum absolute atomic E-state index is 0.00989. The Morgan fingerprint density at radius 1 is 1.16 bits per heavy atom. The van der Waals surface area contributed by atoms with E-state index < -0.39 is 11.4 Å². The number of benzene rings is 1. The zero-order chi connectivity index (χ0) is 22.9. The summed E-state index contributed by atoms with van der Waals surface area (Å²) in [4.78, 5) is 45.1. The van der Waals surface area contributed by atoms with E-state index in [1.165, 1.54) is 22.2 Å². The molecule has 8 heteroatoms.